The number of hydrogen-bond donors (Lipinski definition) is 1. The second kappa shape index (κ2) is 9.04. The maximum Gasteiger partial charge on any atom is 0.340 e. The summed E-state index contributed by atoms with van der Waals surface area (Å²) in [5, 5.41) is 9.25. The highest BCUT2D eigenvalue weighted by atomic mass is 32.2. The summed E-state index contributed by atoms with van der Waals surface area (Å²) in [5.74, 6) is 0.389. The second-order valence-corrected chi connectivity index (χ2v) is 9.26. The fraction of sp³-hybridized carbons (Fsp3) is 0.619. The number of aromatic nitrogens is 4. The predicted molar refractivity (Wildman–Crippen MR) is 117 cm³/mol. The van der Waals surface area contributed by atoms with Gasteiger partial charge in [-0.2, -0.15) is 0 Å². The minimum atomic E-state index is -0.406. The molecule has 0 amide bonds. The molecule has 3 heterocycles. The molecule has 1 saturated carbocycles. The minimum absolute atomic E-state index is 0.0700. The van der Waals surface area contributed by atoms with E-state index in [4.69, 9.17) is 9.47 Å². The van der Waals surface area contributed by atoms with Crippen LogP contribution in [0.5, 0.6) is 0 Å². The van der Waals surface area contributed by atoms with E-state index in [2.05, 4.69) is 24.6 Å². The number of rotatable bonds is 8. The first-order chi connectivity index (χ1) is 14.9. The molecule has 0 radical (unpaired) electrons. The van der Waals surface area contributed by atoms with Gasteiger partial charge in [0.25, 0.3) is 0 Å². The van der Waals surface area contributed by atoms with Crippen molar-refractivity contribution >= 4 is 29.5 Å². The summed E-state index contributed by atoms with van der Waals surface area (Å²) >= 11 is 1.41. The molecule has 168 valence electrons. The number of nitrogens with one attached hydrogen (secondary N) is 1. The molecule has 0 bridgehead atoms. The molecule has 10 heteroatoms. The molecule has 31 heavy (non-hydrogen) atoms. The third kappa shape index (κ3) is 4.36. The molecule has 1 aliphatic carbocycles. The van der Waals surface area contributed by atoms with Crippen LogP contribution in [-0.2, 0) is 9.47 Å². The Morgan fingerprint density at radius 3 is 2.61 bits per heavy atom. The van der Waals surface area contributed by atoms with Gasteiger partial charge in [-0.15, -0.1) is 10.2 Å². The maximum atomic E-state index is 13.2. The van der Waals surface area contributed by atoms with Gasteiger partial charge in [0.15, 0.2) is 10.9 Å². The van der Waals surface area contributed by atoms with Crippen LogP contribution in [0, 0.1) is 13.8 Å². The quantitative estimate of drug-likeness (QED) is 0.374. The number of ether oxygens (including phenoxy) is 2. The molecule has 1 saturated heterocycles. The number of esters is 1. The SMILES string of the molecule is CCOC(=O)c1c(C)[nH]c(C(=O)C(C)Sc2nnc(N3CCOCC3)n2C2CC2)c1C. The fourth-order valence-corrected chi connectivity index (χ4v) is 4.88. The Morgan fingerprint density at radius 1 is 1.26 bits per heavy atom. The van der Waals surface area contributed by atoms with Crippen LogP contribution in [-0.4, -0.2) is 69.7 Å². The number of aromatic amines is 1. The van der Waals surface area contributed by atoms with Crippen molar-refractivity contribution in [3.05, 3.63) is 22.5 Å². The van der Waals surface area contributed by atoms with E-state index in [1.807, 2.05) is 6.92 Å². The molecular formula is C21H29N5O4S. The van der Waals surface area contributed by atoms with Crippen molar-refractivity contribution in [3.63, 3.8) is 0 Å². The molecule has 9 nitrogen and oxygen atoms in total. The van der Waals surface area contributed by atoms with E-state index in [-0.39, 0.29) is 11.0 Å². The molecule has 2 aliphatic rings. The van der Waals surface area contributed by atoms with Crippen LogP contribution in [0.15, 0.2) is 5.16 Å². The Hall–Kier alpha value is -2.33. The number of ketones is 1. The number of carbonyl (C=O) groups is 2. The van der Waals surface area contributed by atoms with Crippen LogP contribution in [0.1, 0.15) is 64.8 Å². The van der Waals surface area contributed by atoms with Crippen LogP contribution >= 0.6 is 11.8 Å². The molecular weight excluding hydrogens is 418 g/mol. The average molecular weight is 448 g/mol. The van der Waals surface area contributed by atoms with Gasteiger partial charge < -0.3 is 19.4 Å². The molecule has 1 N–H and O–H groups in total. The highest BCUT2D eigenvalue weighted by Gasteiger charge is 2.34. The smallest absolute Gasteiger partial charge is 0.340 e. The van der Waals surface area contributed by atoms with Crippen molar-refractivity contribution in [2.45, 2.75) is 57.0 Å². The van der Waals surface area contributed by atoms with Crippen LogP contribution < -0.4 is 4.90 Å². The van der Waals surface area contributed by atoms with Gasteiger partial charge in [0, 0.05) is 24.8 Å². The van der Waals surface area contributed by atoms with Gasteiger partial charge in [-0.25, -0.2) is 4.79 Å². The lowest BCUT2D eigenvalue weighted by Crippen LogP contribution is -2.38. The Balaban J connectivity index is 1.54. The number of nitrogens with zero attached hydrogens (tertiary/aromatic N) is 4. The summed E-state index contributed by atoms with van der Waals surface area (Å²) in [6.45, 7) is 10.4. The third-order valence-corrected chi connectivity index (χ3v) is 6.72. The predicted octanol–water partition coefficient (Wildman–Crippen LogP) is 2.93. The largest absolute Gasteiger partial charge is 0.462 e. The highest BCUT2D eigenvalue weighted by Crippen LogP contribution is 2.42. The lowest BCUT2D eigenvalue weighted by molar-refractivity contribution is 0.0525. The zero-order valence-corrected chi connectivity index (χ0v) is 19.3. The van der Waals surface area contributed by atoms with Gasteiger partial charge >= 0.3 is 5.97 Å². The molecule has 2 fully saturated rings. The number of hydrogen-bond acceptors (Lipinski definition) is 8. The number of morpholine rings is 1. The first-order valence-electron chi connectivity index (χ1n) is 10.8. The Morgan fingerprint density at radius 2 is 1.97 bits per heavy atom. The molecule has 1 unspecified atom stereocenters. The zero-order valence-electron chi connectivity index (χ0n) is 18.4. The van der Waals surface area contributed by atoms with Crippen molar-refractivity contribution in [2.75, 3.05) is 37.8 Å². The van der Waals surface area contributed by atoms with E-state index in [1.54, 1.807) is 20.8 Å². The Labute approximate surface area is 185 Å². The zero-order chi connectivity index (χ0) is 22.1. The van der Waals surface area contributed by atoms with E-state index >= 15 is 0 Å². The maximum absolute atomic E-state index is 13.2. The van der Waals surface area contributed by atoms with Crippen molar-refractivity contribution in [3.8, 4) is 0 Å². The first-order valence-corrected chi connectivity index (χ1v) is 11.6. The molecule has 2 aromatic rings. The van der Waals surface area contributed by atoms with E-state index in [0.29, 0.717) is 48.4 Å². The fourth-order valence-electron chi connectivity index (χ4n) is 3.90. The minimum Gasteiger partial charge on any atom is -0.462 e. The molecule has 1 atom stereocenters. The normalized spacial score (nSPS) is 17.6. The summed E-state index contributed by atoms with van der Waals surface area (Å²) in [4.78, 5) is 30.8. The highest BCUT2D eigenvalue weighted by molar-refractivity contribution is 8.00. The van der Waals surface area contributed by atoms with Crippen molar-refractivity contribution < 1.29 is 19.1 Å². The number of aryl methyl sites for hydroxylation is 1. The second-order valence-electron chi connectivity index (χ2n) is 7.95. The van der Waals surface area contributed by atoms with Gasteiger partial charge in [0.05, 0.1) is 36.3 Å². The third-order valence-electron chi connectivity index (χ3n) is 5.67. The van der Waals surface area contributed by atoms with Crippen LogP contribution in [0.3, 0.4) is 0 Å². The van der Waals surface area contributed by atoms with Crippen molar-refractivity contribution in [1.29, 1.82) is 0 Å². The number of anilines is 1. The number of carbonyl (C=O) groups excluding carboxylic acids is 2. The van der Waals surface area contributed by atoms with Crippen LogP contribution in [0.25, 0.3) is 0 Å². The van der Waals surface area contributed by atoms with E-state index in [0.717, 1.165) is 37.0 Å². The van der Waals surface area contributed by atoms with Crippen LogP contribution in [0.2, 0.25) is 0 Å². The molecule has 2 aromatic heterocycles. The molecule has 1 aliphatic heterocycles. The van der Waals surface area contributed by atoms with Crippen molar-refractivity contribution in [1.82, 2.24) is 19.7 Å². The molecule has 0 spiro atoms. The summed E-state index contributed by atoms with van der Waals surface area (Å²) in [6, 6.07) is 0.391. The first kappa shape index (κ1) is 21.9. The summed E-state index contributed by atoms with van der Waals surface area (Å²) in [5.41, 5.74) is 2.17. The van der Waals surface area contributed by atoms with Crippen LogP contribution in [0.4, 0.5) is 5.95 Å². The van der Waals surface area contributed by atoms with E-state index in [1.165, 1.54) is 11.8 Å². The number of thioether (sulfide) groups is 1. The average Bonchev–Trinajstić information content (AvgIpc) is 3.44. The Bertz CT molecular complexity index is 975. The van der Waals surface area contributed by atoms with E-state index < -0.39 is 5.97 Å². The van der Waals surface area contributed by atoms with Crippen molar-refractivity contribution in [2.24, 2.45) is 0 Å². The Kier molecular flexibility index (Phi) is 6.38. The van der Waals surface area contributed by atoms with Gasteiger partial charge in [-0.3, -0.25) is 9.36 Å². The van der Waals surface area contributed by atoms with Gasteiger partial charge in [0.2, 0.25) is 5.95 Å². The standard InChI is InChI=1S/C21H29N5O4S/c1-5-30-19(28)16-12(2)17(22-13(16)3)18(27)14(4)31-21-24-23-20(26(21)15-6-7-15)25-8-10-29-11-9-25/h14-15,22H,5-11H2,1-4H3. The summed E-state index contributed by atoms with van der Waals surface area (Å²) < 4.78 is 12.8. The monoisotopic (exact) mass is 447 g/mol. The number of H-pyrrole nitrogens is 1. The van der Waals surface area contributed by atoms with Gasteiger partial charge in [-0.05, 0) is 46.1 Å². The molecule has 0 aromatic carbocycles. The molecule has 4 rings (SSSR count). The lowest BCUT2D eigenvalue weighted by Gasteiger charge is -2.28. The number of Topliss-reactive ketones (excluding diaryl/α,β-unsaturated/α-hetero) is 1. The van der Waals surface area contributed by atoms with E-state index in [9.17, 15) is 9.59 Å². The topological polar surface area (TPSA) is 102 Å². The van der Waals surface area contributed by atoms with Gasteiger partial charge in [0.1, 0.15) is 0 Å². The summed E-state index contributed by atoms with van der Waals surface area (Å²) in [6.07, 6.45) is 2.20. The lowest BCUT2D eigenvalue weighted by atomic mass is 10.1. The van der Waals surface area contributed by atoms with Gasteiger partial charge in [-0.1, -0.05) is 11.8 Å². The summed E-state index contributed by atoms with van der Waals surface area (Å²) in [7, 11) is 0.